The van der Waals surface area contributed by atoms with Crippen LogP contribution in [0.5, 0.6) is 0 Å². The summed E-state index contributed by atoms with van der Waals surface area (Å²) in [6.07, 6.45) is 5.74. The van der Waals surface area contributed by atoms with Crippen molar-refractivity contribution in [3.8, 4) is 9.75 Å². The highest BCUT2D eigenvalue weighted by Crippen LogP contribution is 2.32. The lowest BCUT2D eigenvalue weighted by molar-refractivity contribution is -0.125. The number of nitrogens with one attached hydrogen (secondary N) is 2. The first-order valence-electron chi connectivity index (χ1n) is 11.3. The summed E-state index contributed by atoms with van der Waals surface area (Å²) in [4.78, 5) is 16.9. The van der Waals surface area contributed by atoms with E-state index in [1.807, 2.05) is 12.1 Å². The maximum Gasteiger partial charge on any atom is 0.224 e. The Morgan fingerprint density at radius 1 is 1.06 bits per heavy atom. The predicted octanol–water partition coefficient (Wildman–Crippen LogP) is 4.89. The Hall–Kier alpha value is -2.00. The van der Waals surface area contributed by atoms with Gasteiger partial charge in [0, 0.05) is 26.9 Å². The topological polar surface area (TPSA) is 75.3 Å². The smallest absolute Gasteiger partial charge is 0.224 e. The second-order valence-corrected chi connectivity index (χ2v) is 12.6. The molecule has 1 saturated carbocycles. The van der Waals surface area contributed by atoms with Crippen molar-refractivity contribution in [1.82, 2.24) is 10.6 Å². The molecule has 2 heterocycles. The van der Waals surface area contributed by atoms with Gasteiger partial charge >= 0.3 is 0 Å². The van der Waals surface area contributed by atoms with E-state index < -0.39 is 9.84 Å². The first-order chi connectivity index (χ1) is 15.9. The van der Waals surface area contributed by atoms with Crippen molar-refractivity contribution in [3.63, 3.8) is 0 Å². The van der Waals surface area contributed by atoms with Gasteiger partial charge in [-0.25, -0.2) is 8.42 Å². The van der Waals surface area contributed by atoms with E-state index >= 15 is 0 Å². The van der Waals surface area contributed by atoms with E-state index in [-0.39, 0.29) is 17.9 Å². The van der Waals surface area contributed by atoms with Gasteiger partial charge in [-0.3, -0.25) is 4.79 Å². The molecule has 0 radical (unpaired) electrons. The van der Waals surface area contributed by atoms with Crippen LogP contribution in [-0.4, -0.2) is 33.2 Å². The molecule has 1 fully saturated rings. The van der Waals surface area contributed by atoms with Crippen molar-refractivity contribution in [2.45, 2.75) is 49.6 Å². The van der Waals surface area contributed by atoms with Crippen molar-refractivity contribution in [2.75, 3.05) is 12.8 Å². The molecule has 33 heavy (non-hydrogen) atoms. The van der Waals surface area contributed by atoms with Crippen molar-refractivity contribution >= 4 is 38.4 Å². The fourth-order valence-electron chi connectivity index (χ4n) is 4.49. The molecule has 4 rings (SSSR count). The third-order valence-corrected chi connectivity index (χ3v) is 9.46. The third-order valence-electron chi connectivity index (χ3n) is 6.12. The van der Waals surface area contributed by atoms with Gasteiger partial charge in [0.25, 0.3) is 0 Å². The highest BCUT2D eigenvalue weighted by atomic mass is 32.2. The van der Waals surface area contributed by atoms with Gasteiger partial charge in [0.2, 0.25) is 5.91 Å². The van der Waals surface area contributed by atoms with Crippen LogP contribution < -0.4 is 10.6 Å². The first kappa shape index (κ1) is 24.1. The van der Waals surface area contributed by atoms with Crippen LogP contribution in [0.4, 0.5) is 0 Å². The van der Waals surface area contributed by atoms with Crippen molar-refractivity contribution < 1.29 is 13.2 Å². The summed E-state index contributed by atoms with van der Waals surface area (Å²) in [5.74, 6) is 0.114. The van der Waals surface area contributed by atoms with Crippen LogP contribution in [-0.2, 0) is 27.6 Å². The molecule has 2 atom stereocenters. The number of benzene rings is 1. The van der Waals surface area contributed by atoms with Gasteiger partial charge in [-0.15, -0.1) is 22.7 Å². The van der Waals surface area contributed by atoms with Gasteiger partial charge in [-0.05, 0) is 67.4 Å². The normalized spacial score (nSPS) is 18.5. The first-order valence-corrected chi connectivity index (χ1v) is 14.9. The molecule has 0 saturated heterocycles. The predicted molar refractivity (Wildman–Crippen MR) is 136 cm³/mol. The van der Waals surface area contributed by atoms with Crippen LogP contribution in [0.25, 0.3) is 9.75 Å². The van der Waals surface area contributed by atoms with Gasteiger partial charge in [0.05, 0.1) is 17.4 Å². The summed E-state index contributed by atoms with van der Waals surface area (Å²) in [5, 5.41) is 8.77. The van der Waals surface area contributed by atoms with E-state index in [0.717, 1.165) is 37.8 Å². The van der Waals surface area contributed by atoms with E-state index in [4.69, 9.17) is 0 Å². The fraction of sp³-hybridized carbons (Fsp3) is 0.400. The minimum Gasteiger partial charge on any atom is -0.351 e. The van der Waals surface area contributed by atoms with Crippen LogP contribution in [0.2, 0.25) is 0 Å². The summed E-state index contributed by atoms with van der Waals surface area (Å²) >= 11 is 3.46. The number of hydrogen-bond donors (Lipinski definition) is 2. The molecule has 1 aromatic carbocycles. The van der Waals surface area contributed by atoms with E-state index in [9.17, 15) is 13.2 Å². The Morgan fingerprint density at radius 3 is 2.70 bits per heavy atom. The minimum absolute atomic E-state index is 0.00923. The van der Waals surface area contributed by atoms with Crippen LogP contribution >= 0.6 is 22.7 Å². The number of sulfone groups is 1. The molecule has 0 spiro atoms. The largest absolute Gasteiger partial charge is 0.351 e. The zero-order chi connectivity index (χ0) is 23.3. The molecular formula is C25H30N2O3S3. The van der Waals surface area contributed by atoms with Gasteiger partial charge in [-0.2, -0.15) is 0 Å². The van der Waals surface area contributed by atoms with Crippen molar-refractivity contribution in [2.24, 2.45) is 5.92 Å². The van der Waals surface area contributed by atoms with Crippen LogP contribution in [0.1, 0.15) is 36.1 Å². The van der Waals surface area contributed by atoms with Gasteiger partial charge in [-0.1, -0.05) is 30.7 Å². The van der Waals surface area contributed by atoms with Gasteiger partial charge in [0.1, 0.15) is 0 Å². The lowest BCUT2D eigenvalue weighted by Crippen LogP contribution is -2.41. The molecule has 1 aliphatic carbocycles. The maximum absolute atomic E-state index is 12.9. The van der Waals surface area contributed by atoms with E-state index in [2.05, 4.69) is 40.3 Å². The second-order valence-electron chi connectivity index (χ2n) is 8.54. The summed E-state index contributed by atoms with van der Waals surface area (Å²) in [6.45, 7) is 1.34. The number of carbonyl (C=O) groups excluding carboxylic acids is 1. The number of rotatable bonds is 10. The number of hydrogen-bond acceptors (Lipinski definition) is 6. The molecule has 0 aliphatic heterocycles. The Labute approximate surface area is 204 Å². The molecule has 1 aliphatic rings. The standard InChI is InChI=1S/C25H30N2O3S3/c1-33(29,30)24-12-3-2-7-18(24)8-5-15-26-21-10-4-9-20(21)25(28)27-17-19-13-14-23(32-19)22-11-6-16-31-22/h2-3,6-7,11-14,16,20-21,26H,4-5,8-10,15,17H2,1H3,(H,27,28)/t20-,21-/m0/s1. The van der Waals surface area contributed by atoms with E-state index in [1.54, 1.807) is 34.8 Å². The molecule has 2 aromatic heterocycles. The molecule has 5 nitrogen and oxygen atoms in total. The second kappa shape index (κ2) is 11.0. The molecular weight excluding hydrogens is 472 g/mol. The van der Waals surface area contributed by atoms with E-state index in [0.29, 0.717) is 17.9 Å². The molecule has 2 N–H and O–H groups in total. The minimum atomic E-state index is -3.22. The lowest BCUT2D eigenvalue weighted by Gasteiger charge is -2.20. The molecule has 0 unspecified atom stereocenters. The average Bonchev–Trinajstić information content (AvgIpc) is 3.56. The van der Waals surface area contributed by atoms with Crippen LogP contribution in [0, 0.1) is 5.92 Å². The molecule has 176 valence electrons. The maximum atomic E-state index is 12.9. The van der Waals surface area contributed by atoms with Crippen molar-refractivity contribution in [3.05, 3.63) is 64.4 Å². The third kappa shape index (κ3) is 6.32. The fourth-order valence-corrected chi connectivity index (χ4v) is 7.24. The van der Waals surface area contributed by atoms with Gasteiger partial charge < -0.3 is 10.6 Å². The summed E-state index contributed by atoms with van der Waals surface area (Å²) in [5.41, 5.74) is 0.861. The zero-order valence-corrected chi connectivity index (χ0v) is 21.2. The lowest BCUT2D eigenvalue weighted by atomic mass is 10.0. The summed E-state index contributed by atoms with van der Waals surface area (Å²) < 4.78 is 24.0. The van der Waals surface area contributed by atoms with Crippen LogP contribution in [0.15, 0.2) is 58.8 Å². The quantitative estimate of drug-likeness (QED) is 0.387. The zero-order valence-electron chi connectivity index (χ0n) is 18.8. The van der Waals surface area contributed by atoms with Gasteiger partial charge in [0.15, 0.2) is 9.84 Å². The number of amides is 1. The number of aryl methyl sites for hydroxylation is 1. The van der Waals surface area contributed by atoms with E-state index in [1.165, 1.54) is 20.9 Å². The Morgan fingerprint density at radius 2 is 1.91 bits per heavy atom. The molecule has 1 amide bonds. The SMILES string of the molecule is CS(=O)(=O)c1ccccc1CCCN[C@H]1CCC[C@@H]1C(=O)NCc1ccc(-c2cccs2)s1. The Bertz CT molecular complexity index is 1170. The molecule has 0 bridgehead atoms. The summed E-state index contributed by atoms with van der Waals surface area (Å²) in [7, 11) is -3.22. The highest BCUT2D eigenvalue weighted by Gasteiger charge is 2.32. The number of thiophene rings is 2. The van der Waals surface area contributed by atoms with Crippen LogP contribution in [0.3, 0.4) is 0 Å². The molecule has 3 aromatic rings. The number of carbonyl (C=O) groups is 1. The van der Waals surface area contributed by atoms with Crippen molar-refractivity contribution in [1.29, 1.82) is 0 Å². The highest BCUT2D eigenvalue weighted by molar-refractivity contribution is 7.90. The average molecular weight is 503 g/mol. The Kier molecular flexibility index (Phi) is 8.01. The summed E-state index contributed by atoms with van der Waals surface area (Å²) in [6, 6.07) is 15.8. The molecule has 8 heteroatoms. The monoisotopic (exact) mass is 502 g/mol. The Balaban J connectivity index is 1.24.